The van der Waals surface area contributed by atoms with Crippen LogP contribution in [0, 0.1) is 0 Å². The third-order valence-corrected chi connectivity index (χ3v) is 3.55. The summed E-state index contributed by atoms with van der Waals surface area (Å²) in [5, 5.41) is 6.95. The molecule has 0 fully saturated rings. The summed E-state index contributed by atoms with van der Waals surface area (Å²) in [5.74, 6) is 0.00235. The highest BCUT2D eigenvalue weighted by Crippen LogP contribution is 2.28. The van der Waals surface area contributed by atoms with E-state index in [2.05, 4.69) is 16.3 Å². The Kier molecular flexibility index (Phi) is 3.74. The van der Waals surface area contributed by atoms with Gasteiger partial charge in [-0.25, -0.2) is 0 Å². The molecule has 1 amide bonds. The normalized spacial score (nSPS) is 10.5. The Morgan fingerprint density at radius 2 is 1.77 bits per heavy atom. The van der Waals surface area contributed by atoms with Crippen LogP contribution in [-0.4, -0.2) is 35.1 Å². The molecule has 0 radical (unpaired) electrons. The number of carbonyl (C=O) groups is 1. The first-order valence-electron chi connectivity index (χ1n) is 7.07. The highest BCUT2D eigenvalue weighted by atomic mass is 16.2. The Morgan fingerprint density at radius 1 is 1.00 bits per heavy atom. The highest BCUT2D eigenvalue weighted by molar-refractivity contribution is 6.00. The molecule has 110 valence electrons. The third-order valence-electron chi connectivity index (χ3n) is 3.55. The molecule has 2 aromatic carbocycles. The van der Waals surface area contributed by atoms with Gasteiger partial charge in [-0.3, -0.25) is 9.89 Å². The van der Waals surface area contributed by atoms with Gasteiger partial charge in [0.15, 0.2) is 0 Å². The summed E-state index contributed by atoms with van der Waals surface area (Å²) in [6.45, 7) is 0. The molecule has 0 aliphatic rings. The molecular weight excluding hydrogens is 274 g/mol. The van der Waals surface area contributed by atoms with Gasteiger partial charge in [-0.15, -0.1) is 0 Å². The standard InChI is InChI=1S/C18H17N3O/c1-21(2)18(22)16-9-4-3-8-15(16)13-6-5-7-14(12-13)17-10-11-19-20-17/h3-12H,1-2H3,(H,19,20). The summed E-state index contributed by atoms with van der Waals surface area (Å²) in [6.07, 6.45) is 1.73. The molecule has 0 unspecified atom stereocenters. The van der Waals surface area contributed by atoms with E-state index in [1.165, 1.54) is 0 Å². The summed E-state index contributed by atoms with van der Waals surface area (Å²) in [6, 6.07) is 17.7. The molecule has 3 aromatic rings. The number of aromatic amines is 1. The van der Waals surface area contributed by atoms with E-state index < -0.39 is 0 Å². The second-order valence-electron chi connectivity index (χ2n) is 5.30. The molecule has 1 heterocycles. The summed E-state index contributed by atoms with van der Waals surface area (Å²) >= 11 is 0. The molecule has 1 N–H and O–H groups in total. The molecule has 0 spiro atoms. The maximum Gasteiger partial charge on any atom is 0.253 e. The minimum absolute atomic E-state index is 0.00235. The molecule has 0 bridgehead atoms. The van der Waals surface area contributed by atoms with Crippen LogP contribution in [0.1, 0.15) is 10.4 Å². The van der Waals surface area contributed by atoms with Gasteiger partial charge in [0.25, 0.3) is 5.91 Å². The molecular formula is C18H17N3O. The molecule has 0 saturated carbocycles. The van der Waals surface area contributed by atoms with Crippen molar-refractivity contribution in [3.8, 4) is 22.4 Å². The van der Waals surface area contributed by atoms with Gasteiger partial charge in [0.1, 0.15) is 0 Å². The molecule has 0 aliphatic carbocycles. The second-order valence-corrected chi connectivity index (χ2v) is 5.30. The van der Waals surface area contributed by atoms with Crippen LogP contribution in [0.2, 0.25) is 0 Å². The van der Waals surface area contributed by atoms with Crippen molar-refractivity contribution < 1.29 is 4.79 Å². The lowest BCUT2D eigenvalue weighted by Gasteiger charge is -2.14. The number of aromatic nitrogens is 2. The van der Waals surface area contributed by atoms with E-state index in [1.807, 2.05) is 48.5 Å². The van der Waals surface area contributed by atoms with Gasteiger partial charge in [0.2, 0.25) is 0 Å². The van der Waals surface area contributed by atoms with Crippen molar-refractivity contribution in [3.63, 3.8) is 0 Å². The van der Waals surface area contributed by atoms with E-state index in [0.29, 0.717) is 5.56 Å². The predicted molar refractivity (Wildman–Crippen MR) is 87.5 cm³/mol. The first kappa shape index (κ1) is 14.1. The van der Waals surface area contributed by atoms with Crippen molar-refractivity contribution in [3.05, 3.63) is 66.4 Å². The number of carbonyl (C=O) groups excluding carboxylic acids is 1. The van der Waals surface area contributed by atoms with E-state index in [1.54, 1.807) is 25.2 Å². The zero-order valence-corrected chi connectivity index (χ0v) is 12.6. The second kappa shape index (κ2) is 5.85. The maximum atomic E-state index is 12.4. The number of hydrogen-bond donors (Lipinski definition) is 1. The van der Waals surface area contributed by atoms with Crippen LogP contribution in [0.3, 0.4) is 0 Å². The SMILES string of the molecule is CN(C)C(=O)c1ccccc1-c1cccc(-c2ccn[nH]2)c1. The molecule has 4 heteroatoms. The van der Waals surface area contributed by atoms with Crippen LogP contribution in [0.4, 0.5) is 0 Å². The minimum atomic E-state index is 0.00235. The van der Waals surface area contributed by atoms with Crippen LogP contribution in [0.5, 0.6) is 0 Å². The van der Waals surface area contributed by atoms with E-state index in [0.717, 1.165) is 22.4 Å². The lowest BCUT2D eigenvalue weighted by atomic mass is 9.97. The van der Waals surface area contributed by atoms with Gasteiger partial charge in [0.05, 0.1) is 5.69 Å². The number of benzene rings is 2. The van der Waals surface area contributed by atoms with Crippen LogP contribution in [0.25, 0.3) is 22.4 Å². The Hall–Kier alpha value is -2.88. The average molecular weight is 291 g/mol. The number of nitrogens with zero attached hydrogens (tertiary/aromatic N) is 2. The minimum Gasteiger partial charge on any atom is -0.345 e. The summed E-state index contributed by atoms with van der Waals surface area (Å²) in [5.41, 5.74) is 4.65. The van der Waals surface area contributed by atoms with Gasteiger partial charge in [-0.1, -0.05) is 36.4 Å². The number of hydrogen-bond acceptors (Lipinski definition) is 2. The highest BCUT2D eigenvalue weighted by Gasteiger charge is 2.14. The first-order valence-corrected chi connectivity index (χ1v) is 7.07. The smallest absolute Gasteiger partial charge is 0.253 e. The average Bonchev–Trinajstić information content (AvgIpc) is 3.09. The van der Waals surface area contributed by atoms with Gasteiger partial charge in [-0.2, -0.15) is 5.10 Å². The van der Waals surface area contributed by atoms with Gasteiger partial charge in [-0.05, 0) is 29.3 Å². The largest absolute Gasteiger partial charge is 0.345 e. The fourth-order valence-corrected chi connectivity index (χ4v) is 2.43. The Morgan fingerprint density at radius 3 is 2.50 bits per heavy atom. The van der Waals surface area contributed by atoms with Gasteiger partial charge >= 0.3 is 0 Å². The topological polar surface area (TPSA) is 49.0 Å². The van der Waals surface area contributed by atoms with Crippen molar-refractivity contribution in [2.24, 2.45) is 0 Å². The fraction of sp³-hybridized carbons (Fsp3) is 0.111. The van der Waals surface area contributed by atoms with Crippen molar-refractivity contribution >= 4 is 5.91 Å². The van der Waals surface area contributed by atoms with Crippen LogP contribution in [0.15, 0.2) is 60.8 Å². The summed E-state index contributed by atoms with van der Waals surface area (Å²) in [4.78, 5) is 14.0. The van der Waals surface area contributed by atoms with Crippen molar-refractivity contribution in [2.75, 3.05) is 14.1 Å². The first-order chi connectivity index (χ1) is 10.7. The molecule has 22 heavy (non-hydrogen) atoms. The molecule has 0 aliphatic heterocycles. The Bertz CT molecular complexity index is 792. The van der Waals surface area contributed by atoms with Crippen LogP contribution in [-0.2, 0) is 0 Å². The van der Waals surface area contributed by atoms with Crippen LogP contribution < -0.4 is 0 Å². The summed E-state index contributed by atoms with van der Waals surface area (Å²) < 4.78 is 0. The number of rotatable bonds is 3. The van der Waals surface area contributed by atoms with Crippen molar-refractivity contribution in [1.29, 1.82) is 0 Å². The number of nitrogens with one attached hydrogen (secondary N) is 1. The number of amides is 1. The Labute approximate surface area is 129 Å². The predicted octanol–water partition coefficient (Wildman–Crippen LogP) is 3.45. The number of H-pyrrole nitrogens is 1. The molecule has 0 saturated heterocycles. The van der Waals surface area contributed by atoms with E-state index in [-0.39, 0.29) is 5.91 Å². The Balaban J connectivity index is 2.09. The van der Waals surface area contributed by atoms with E-state index in [4.69, 9.17) is 0 Å². The maximum absolute atomic E-state index is 12.4. The van der Waals surface area contributed by atoms with E-state index >= 15 is 0 Å². The quantitative estimate of drug-likeness (QED) is 0.803. The van der Waals surface area contributed by atoms with Gasteiger partial charge in [0, 0.05) is 31.4 Å². The summed E-state index contributed by atoms with van der Waals surface area (Å²) in [7, 11) is 3.53. The third kappa shape index (κ3) is 2.63. The van der Waals surface area contributed by atoms with Gasteiger partial charge < -0.3 is 4.90 Å². The van der Waals surface area contributed by atoms with Crippen molar-refractivity contribution in [2.45, 2.75) is 0 Å². The fourth-order valence-electron chi connectivity index (χ4n) is 2.43. The molecule has 4 nitrogen and oxygen atoms in total. The molecule has 1 aromatic heterocycles. The zero-order valence-electron chi connectivity index (χ0n) is 12.6. The monoisotopic (exact) mass is 291 g/mol. The van der Waals surface area contributed by atoms with Crippen molar-refractivity contribution in [1.82, 2.24) is 15.1 Å². The van der Waals surface area contributed by atoms with E-state index in [9.17, 15) is 4.79 Å². The molecule has 0 atom stereocenters. The lowest BCUT2D eigenvalue weighted by Crippen LogP contribution is -2.22. The van der Waals surface area contributed by atoms with Crippen LogP contribution >= 0.6 is 0 Å². The lowest BCUT2D eigenvalue weighted by molar-refractivity contribution is 0.0828. The zero-order chi connectivity index (χ0) is 15.5. The molecule has 3 rings (SSSR count).